The minimum atomic E-state index is -0.405. The van der Waals surface area contributed by atoms with Crippen LogP contribution in [0, 0.1) is 0 Å². The second-order valence-corrected chi connectivity index (χ2v) is 6.18. The van der Waals surface area contributed by atoms with E-state index < -0.39 is 5.63 Å². The van der Waals surface area contributed by atoms with Gasteiger partial charge in [-0.05, 0) is 36.2 Å². The van der Waals surface area contributed by atoms with E-state index in [-0.39, 0.29) is 12.6 Å². The molecule has 2 aromatic carbocycles. The predicted molar refractivity (Wildman–Crippen MR) is 98.6 cm³/mol. The molecule has 0 unspecified atom stereocenters. The molecule has 1 N–H and O–H groups in total. The number of anilines is 1. The Hall–Kier alpha value is -3.28. The molecule has 0 radical (unpaired) electrons. The molecule has 0 saturated carbocycles. The van der Waals surface area contributed by atoms with Crippen molar-refractivity contribution in [1.29, 1.82) is 0 Å². The highest BCUT2D eigenvalue weighted by atomic mass is 16.5. The van der Waals surface area contributed by atoms with Crippen molar-refractivity contribution in [2.75, 3.05) is 19.0 Å². The minimum absolute atomic E-state index is 0.226. The maximum Gasteiger partial charge on any atom is 0.341 e. The molecule has 0 spiro atoms. The number of rotatable bonds is 2. The van der Waals surface area contributed by atoms with E-state index in [9.17, 15) is 9.59 Å². The first-order chi connectivity index (χ1) is 12.7. The van der Waals surface area contributed by atoms with Gasteiger partial charge in [0.1, 0.15) is 11.3 Å². The van der Waals surface area contributed by atoms with Gasteiger partial charge < -0.3 is 19.4 Å². The molecule has 1 aromatic heterocycles. The number of hydrogen-bond donors (Lipinski definition) is 1. The molecule has 132 valence electrons. The van der Waals surface area contributed by atoms with Crippen molar-refractivity contribution >= 4 is 22.7 Å². The maximum atomic E-state index is 12.5. The zero-order valence-electron chi connectivity index (χ0n) is 14.3. The Morgan fingerprint density at radius 3 is 2.73 bits per heavy atom. The molecule has 0 bridgehead atoms. The Morgan fingerprint density at radius 1 is 1.15 bits per heavy atom. The Balaban J connectivity index is 1.63. The summed E-state index contributed by atoms with van der Waals surface area (Å²) in [5.74, 6) is 0.639. The lowest BCUT2D eigenvalue weighted by Gasteiger charge is -2.28. The summed E-state index contributed by atoms with van der Waals surface area (Å²) in [4.78, 5) is 26.6. The molecule has 6 heteroatoms. The lowest BCUT2D eigenvalue weighted by Crippen LogP contribution is -2.40. The zero-order valence-corrected chi connectivity index (χ0v) is 14.3. The van der Waals surface area contributed by atoms with Crippen molar-refractivity contribution in [3.8, 4) is 5.75 Å². The van der Waals surface area contributed by atoms with Gasteiger partial charge in [0.15, 0.2) is 0 Å². The average Bonchev–Trinajstić information content (AvgIpc) is 2.68. The molecule has 2 amide bonds. The van der Waals surface area contributed by atoms with Gasteiger partial charge in [-0.25, -0.2) is 9.59 Å². The molecule has 0 aliphatic carbocycles. The third-order valence-electron chi connectivity index (χ3n) is 4.62. The summed E-state index contributed by atoms with van der Waals surface area (Å²) >= 11 is 0. The summed E-state index contributed by atoms with van der Waals surface area (Å²) in [6, 6.07) is 14.5. The summed E-state index contributed by atoms with van der Waals surface area (Å²) in [5.41, 5.74) is 2.31. The van der Waals surface area contributed by atoms with E-state index in [4.69, 9.17) is 9.15 Å². The summed E-state index contributed by atoms with van der Waals surface area (Å²) < 4.78 is 10.6. The Bertz CT molecular complexity index is 1030. The third-order valence-corrected chi connectivity index (χ3v) is 4.62. The maximum absolute atomic E-state index is 12.5. The van der Waals surface area contributed by atoms with Crippen LogP contribution in [0.3, 0.4) is 0 Å². The largest absolute Gasteiger partial charge is 0.497 e. The van der Waals surface area contributed by atoms with Crippen LogP contribution >= 0.6 is 0 Å². The summed E-state index contributed by atoms with van der Waals surface area (Å²) in [5, 5.41) is 3.74. The number of carbonyl (C=O) groups excluding carboxylic acids is 1. The van der Waals surface area contributed by atoms with Gasteiger partial charge in [0.05, 0.1) is 19.2 Å². The number of amides is 2. The highest BCUT2D eigenvalue weighted by molar-refractivity contribution is 5.90. The van der Waals surface area contributed by atoms with Crippen LogP contribution in [0.5, 0.6) is 5.75 Å². The van der Waals surface area contributed by atoms with Gasteiger partial charge in [0.25, 0.3) is 0 Å². The summed E-state index contributed by atoms with van der Waals surface area (Å²) in [6.07, 6.45) is 0.603. The van der Waals surface area contributed by atoms with Crippen molar-refractivity contribution in [3.05, 3.63) is 70.1 Å². The molecular formula is C20H18N2O4. The van der Waals surface area contributed by atoms with Crippen LogP contribution in [0.4, 0.5) is 10.5 Å². The molecule has 0 fully saturated rings. The Labute approximate surface area is 150 Å². The highest BCUT2D eigenvalue weighted by Gasteiger charge is 2.25. The standard InChI is InChI=1S/C20H18N2O4/c1-25-14-7-8-16-15-9-10-22(12-17(15)19(23)26-18(16)11-14)20(24)21-13-5-3-2-4-6-13/h2-8,11H,9-10,12H2,1H3,(H,21,24). The van der Waals surface area contributed by atoms with E-state index in [1.807, 2.05) is 42.5 Å². The second-order valence-electron chi connectivity index (χ2n) is 6.18. The van der Waals surface area contributed by atoms with Crippen LogP contribution in [-0.2, 0) is 13.0 Å². The number of benzene rings is 2. The van der Waals surface area contributed by atoms with Gasteiger partial charge in [0, 0.05) is 23.7 Å². The normalized spacial score (nSPS) is 13.3. The predicted octanol–water partition coefficient (Wildman–Crippen LogP) is 3.39. The van der Waals surface area contributed by atoms with Crippen molar-refractivity contribution in [2.24, 2.45) is 0 Å². The van der Waals surface area contributed by atoms with Crippen LogP contribution in [0.2, 0.25) is 0 Å². The minimum Gasteiger partial charge on any atom is -0.497 e. The first-order valence-corrected chi connectivity index (χ1v) is 8.39. The fraction of sp³-hybridized carbons (Fsp3) is 0.200. The smallest absolute Gasteiger partial charge is 0.341 e. The average molecular weight is 350 g/mol. The molecular weight excluding hydrogens is 332 g/mol. The highest BCUT2D eigenvalue weighted by Crippen LogP contribution is 2.28. The summed E-state index contributed by atoms with van der Waals surface area (Å²) in [6.45, 7) is 0.772. The van der Waals surface area contributed by atoms with E-state index in [0.29, 0.717) is 29.9 Å². The van der Waals surface area contributed by atoms with E-state index in [1.165, 1.54) is 0 Å². The number of fused-ring (bicyclic) bond motifs is 3. The molecule has 1 aliphatic heterocycles. The molecule has 2 heterocycles. The monoisotopic (exact) mass is 350 g/mol. The number of urea groups is 1. The van der Waals surface area contributed by atoms with Crippen LogP contribution in [0.15, 0.2) is 57.7 Å². The van der Waals surface area contributed by atoms with E-state index in [2.05, 4.69) is 5.32 Å². The lowest BCUT2D eigenvalue weighted by molar-refractivity contribution is 0.205. The number of nitrogens with one attached hydrogen (secondary N) is 1. The SMILES string of the molecule is COc1ccc2c3c(c(=O)oc2c1)CN(C(=O)Nc1ccccc1)CC3. The Morgan fingerprint density at radius 2 is 1.96 bits per heavy atom. The van der Waals surface area contributed by atoms with Crippen molar-refractivity contribution in [3.63, 3.8) is 0 Å². The number of carbonyl (C=O) groups is 1. The van der Waals surface area contributed by atoms with Gasteiger partial charge >= 0.3 is 11.7 Å². The molecule has 6 nitrogen and oxygen atoms in total. The van der Waals surface area contributed by atoms with E-state index in [0.717, 1.165) is 16.6 Å². The second kappa shape index (κ2) is 6.55. The van der Waals surface area contributed by atoms with Gasteiger partial charge in [-0.1, -0.05) is 18.2 Å². The first-order valence-electron chi connectivity index (χ1n) is 8.39. The number of para-hydroxylation sites is 1. The van der Waals surface area contributed by atoms with E-state index in [1.54, 1.807) is 18.1 Å². The summed E-state index contributed by atoms with van der Waals surface area (Å²) in [7, 11) is 1.57. The molecule has 26 heavy (non-hydrogen) atoms. The zero-order chi connectivity index (χ0) is 18.1. The number of hydrogen-bond acceptors (Lipinski definition) is 4. The lowest BCUT2D eigenvalue weighted by atomic mass is 9.97. The van der Waals surface area contributed by atoms with Crippen molar-refractivity contribution < 1.29 is 13.9 Å². The fourth-order valence-corrected chi connectivity index (χ4v) is 3.27. The molecule has 1 aliphatic rings. The van der Waals surface area contributed by atoms with Crippen LogP contribution in [0.25, 0.3) is 11.0 Å². The molecule has 0 atom stereocenters. The quantitative estimate of drug-likeness (QED) is 0.719. The van der Waals surface area contributed by atoms with Gasteiger partial charge in [-0.15, -0.1) is 0 Å². The van der Waals surface area contributed by atoms with Crippen LogP contribution in [0.1, 0.15) is 11.1 Å². The topological polar surface area (TPSA) is 71.8 Å². The first kappa shape index (κ1) is 16.2. The van der Waals surface area contributed by atoms with Crippen molar-refractivity contribution in [2.45, 2.75) is 13.0 Å². The Kier molecular flexibility index (Phi) is 4.08. The van der Waals surface area contributed by atoms with Gasteiger partial charge in [-0.3, -0.25) is 0 Å². The number of methoxy groups -OCH3 is 1. The van der Waals surface area contributed by atoms with Gasteiger partial charge in [-0.2, -0.15) is 0 Å². The number of ether oxygens (including phenoxy) is 1. The van der Waals surface area contributed by atoms with Crippen LogP contribution < -0.4 is 15.7 Å². The van der Waals surface area contributed by atoms with E-state index >= 15 is 0 Å². The van der Waals surface area contributed by atoms with Gasteiger partial charge in [0.2, 0.25) is 0 Å². The fourth-order valence-electron chi connectivity index (χ4n) is 3.27. The molecule has 4 rings (SSSR count). The van der Waals surface area contributed by atoms with Crippen molar-refractivity contribution in [1.82, 2.24) is 4.90 Å². The molecule has 0 saturated heterocycles. The van der Waals surface area contributed by atoms with Crippen LogP contribution in [-0.4, -0.2) is 24.6 Å². The third kappa shape index (κ3) is 2.90. The number of nitrogens with zero attached hydrogens (tertiary/aromatic N) is 1. The molecule has 3 aromatic rings.